The number of rotatable bonds is 7. The van der Waals surface area contributed by atoms with Crippen molar-refractivity contribution in [2.45, 2.75) is 46.1 Å². The van der Waals surface area contributed by atoms with Crippen molar-refractivity contribution in [2.75, 3.05) is 6.54 Å². The highest BCUT2D eigenvalue weighted by Gasteiger charge is 2.15. The van der Waals surface area contributed by atoms with Gasteiger partial charge >= 0.3 is 0 Å². The van der Waals surface area contributed by atoms with Crippen molar-refractivity contribution in [1.29, 1.82) is 0 Å². The zero-order valence-electron chi connectivity index (χ0n) is 12.9. The molecular formula is C17H23FN2S. The fraction of sp³-hybridized carbons (Fsp3) is 0.471. The lowest BCUT2D eigenvalue weighted by Crippen LogP contribution is -2.34. The SMILES string of the molecule is CCCNC(Cc1nc(C)c(C)s1)Cc1ccccc1F. The van der Waals surface area contributed by atoms with Gasteiger partial charge in [0.1, 0.15) is 5.82 Å². The molecule has 0 amide bonds. The van der Waals surface area contributed by atoms with Crippen LogP contribution in [-0.2, 0) is 12.8 Å². The molecule has 114 valence electrons. The molecule has 1 heterocycles. The van der Waals surface area contributed by atoms with E-state index in [-0.39, 0.29) is 11.9 Å². The van der Waals surface area contributed by atoms with E-state index in [1.165, 1.54) is 10.9 Å². The van der Waals surface area contributed by atoms with Crippen molar-refractivity contribution in [1.82, 2.24) is 10.3 Å². The van der Waals surface area contributed by atoms with Gasteiger partial charge in [-0.2, -0.15) is 0 Å². The van der Waals surface area contributed by atoms with Crippen molar-refractivity contribution in [2.24, 2.45) is 0 Å². The Morgan fingerprint density at radius 2 is 2.00 bits per heavy atom. The molecule has 0 aliphatic rings. The highest BCUT2D eigenvalue weighted by Crippen LogP contribution is 2.19. The van der Waals surface area contributed by atoms with Gasteiger partial charge in [-0.15, -0.1) is 11.3 Å². The van der Waals surface area contributed by atoms with Crippen LogP contribution in [0.25, 0.3) is 0 Å². The smallest absolute Gasteiger partial charge is 0.126 e. The van der Waals surface area contributed by atoms with Gasteiger partial charge in [0.25, 0.3) is 0 Å². The maximum absolute atomic E-state index is 13.8. The molecule has 0 saturated heterocycles. The van der Waals surface area contributed by atoms with Crippen molar-refractivity contribution in [3.8, 4) is 0 Å². The largest absolute Gasteiger partial charge is 0.313 e. The molecule has 1 N–H and O–H groups in total. The van der Waals surface area contributed by atoms with Crippen molar-refractivity contribution in [3.63, 3.8) is 0 Å². The normalized spacial score (nSPS) is 12.6. The summed E-state index contributed by atoms with van der Waals surface area (Å²) in [5, 5.41) is 4.66. The number of nitrogens with zero attached hydrogens (tertiary/aromatic N) is 1. The molecule has 1 aromatic heterocycles. The van der Waals surface area contributed by atoms with Gasteiger partial charge in [-0.1, -0.05) is 25.1 Å². The predicted octanol–water partition coefficient (Wildman–Crippen LogP) is 4.05. The first-order valence-corrected chi connectivity index (χ1v) is 8.31. The summed E-state index contributed by atoms with van der Waals surface area (Å²) in [5.74, 6) is -0.118. The zero-order chi connectivity index (χ0) is 15.2. The molecule has 1 aromatic carbocycles. The van der Waals surface area contributed by atoms with Gasteiger partial charge in [0, 0.05) is 17.3 Å². The van der Waals surface area contributed by atoms with Crippen LogP contribution in [0.1, 0.15) is 34.5 Å². The molecule has 1 unspecified atom stereocenters. The first-order valence-electron chi connectivity index (χ1n) is 7.49. The average Bonchev–Trinajstić information content (AvgIpc) is 2.77. The van der Waals surface area contributed by atoms with E-state index < -0.39 is 0 Å². The van der Waals surface area contributed by atoms with Gasteiger partial charge in [-0.05, 0) is 44.9 Å². The van der Waals surface area contributed by atoms with Crippen LogP contribution < -0.4 is 5.32 Å². The van der Waals surface area contributed by atoms with Gasteiger partial charge in [0.05, 0.1) is 10.7 Å². The summed E-state index contributed by atoms with van der Waals surface area (Å²) in [4.78, 5) is 5.88. The molecule has 0 aliphatic carbocycles. The van der Waals surface area contributed by atoms with Crippen LogP contribution in [0, 0.1) is 19.7 Å². The Morgan fingerprint density at radius 1 is 1.24 bits per heavy atom. The van der Waals surface area contributed by atoms with Crippen molar-refractivity contribution in [3.05, 3.63) is 51.2 Å². The Hall–Kier alpha value is -1.26. The van der Waals surface area contributed by atoms with Crippen LogP contribution in [0.3, 0.4) is 0 Å². The topological polar surface area (TPSA) is 24.9 Å². The molecule has 1 atom stereocenters. The average molecular weight is 306 g/mol. The molecule has 21 heavy (non-hydrogen) atoms. The molecule has 0 bridgehead atoms. The number of benzene rings is 1. The third kappa shape index (κ3) is 4.61. The Labute approximate surface area is 130 Å². The van der Waals surface area contributed by atoms with E-state index in [0.717, 1.165) is 35.7 Å². The second kappa shape index (κ2) is 7.66. The minimum Gasteiger partial charge on any atom is -0.313 e. The molecule has 0 spiro atoms. The number of halogens is 1. The van der Waals surface area contributed by atoms with Gasteiger partial charge in [0.15, 0.2) is 0 Å². The Balaban J connectivity index is 2.08. The first-order chi connectivity index (χ1) is 10.1. The first kappa shape index (κ1) is 16.1. The number of hydrogen-bond acceptors (Lipinski definition) is 3. The standard InChI is InChI=1S/C17H23FN2S/c1-4-9-19-15(10-14-7-5-6-8-16(14)18)11-17-20-12(2)13(3)21-17/h5-8,15,19H,4,9-11H2,1-3H3. The van der Waals surface area contributed by atoms with Crippen LogP contribution in [0.2, 0.25) is 0 Å². The summed E-state index contributed by atoms with van der Waals surface area (Å²) in [6, 6.07) is 7.26. The molecule has 0 fully saturated rings. The Morgan fingerprint density at radius 3 is 2.62 bits per heavy atom. The number of hydrogen-bond donors (Lipinski definition) is 1. The highest BCUT2D eigenvalue weighted by molar-refractivity contribution is 7.11. The number of aryl methyl sites for hydroxylation is 2. The van der Waals surface area contributed by atoms with Gasteiger partial charge < -0.3 is 5.32 Å². The minimum absolute atomic E-state index is 0.118. The second-order valence-electron chi connectivity index (χ2n) is 5.40. The fourth-order valence-electron chi connectivity index (χ4n) is 2.33. The summed E-state index contributed by atoms with van der Waals surface area (Å²) < 4.78 is 13.8. The summed E-state index contributed by atoms with van der Waals surface area (Å²) in [6.45, 7) is 7.23. The minimum atomic E-state index is -0.118. The van der Waals surface area contributed by atoms with Crippen molar-refractivity contribution < 1.29 is 4.39 Å². The van der Waals surface area contributed by atoms with E-state index in [0.29, 0.717) is 6.42 Å². The molecule has 2 aromatic rings. The molecule has 2 nitrogen and oxygen atoms in total. The van der Waals surface area contributed by atoms with Crippen LogP contribution in [0.15, 0.2) is 24.3 Å². The summed E-state index contributed by atoms with van der Waals surface area (Å²) in [7, 11) is 0. The number of aromatic nitrogens is 1. The summed E-state index contributed by atoms with van der Waals surface area (Å²) >= 11 is 1.75. The molecule has 0 saturated carbocycles. The maximum atomic E-state index is 13.8. The lowest BCUT2D eigenvalue weighted by atomic mass is 10.0. The third-order valence-electron chi connectivity index (χ3n) is 3.60. The van der Waals surface area contributed by atoms with E-state index >= 15 is 0 Å². The van der Waals surface area contributed by atoms with E-state index in [1.54, 1.807) is 17.4 Å². The lowest BCUT2D eigenvalue weighted by molar-refractivity contribution is 0.491. The Kier molecular flexibility index (Phi) is 5.88. The van der Waals surface area contributed by atoms with E-state index in [4.69, 9.17) is 0 Å². The zero-order valence-corrected chi connectivity index (χ0v) is 13.8. The lowest BCUT2D eigenvalue weighted by Gasteiger charge is -2.18. The molecule has 0 radical (unpaired) electrons. The number of thiazole rings is 1. The van der Waals surface area contributed by atoms with Crippen LogP contribution in [0.5, 0.6) is 0 Å². The monoisotopic (exact) mass is 306 g/mol. The van der Waals surface area contributed by atoms with E-state index in [1.807, 2.05) is 19.1 Å². The highest BCUT2D eigenvalue weighted by atomic mass is 32.1. The number of nitrogens with one attached hydrogen (secondary N) is 1. The molecular weight excluding hydrogens is 283 g/mol. The van der Waals surface area contributed by atoms with Gasteiger partial charge in [-0.3, -0.25) is 0 Å². The molecule has 0 aliphatic heterocycles. The summed E-state index contributed by atoms with van der Waals surface area (Å²) in [6.07, 6.45) is 2.63. The van der Waals surface area contributed by atoms with Gasteiger partial charge in [-0.25, -0.2) is 9.37 Å². The predicted molar refractivity (Wildman–Crippen MR) is 87.5 cm³/mol. The van der Waals surface area contributed by atoms with Crippen LogP contribution >= 0.6 is 11.3 Å². The van der Waals surface area contributed by atoms with Crippen LogP contribution in [0.4, 0.5) is 4.39 Å². The maximum Gasteiger partial charge on any atom is 0.126 e. The van der Waals surface area contributed by atoms with Crippen molar-refractivity contribution >= 4 is 11.3 Å². The van der Waals surface area contributed by atoms with Crippen LogP contribution in [-0.4, -0.2) is 17.6 Å². The fourth-order valence-corrected chi connectivity index (χ4v) is 3.35. The quantitative estimate of drug-likeness (QED) is 0.834. The summed E-state index contributed by atoms with van der Waals surface area (Å²) in [5.41, 5.74) is 1.88. The third-order valence-corrected chi connectivity index (χ3v) is 4.70. The Bertz CT molecular complexity index is 560. The van der Waals surface area contributed by atoms with Gasteiger partial charge in [0.2, 0.25) is 0 Å². The van der Waals surface area contributed by atoms with E-state index in [9.17, 15) is 4.39 Å². The van der Waals surface area contributed by atoms with E-state index in [2.05, 4.69) is 24.1 Å². The second-order valence-corrected chi connectivity index (χ2v) is 6.69. The molecule has 2 rings (SSSR count). The molecule has 4 heteroatoms.